The maximum absolute atomic E-state index is 5.70. The number of rotatable bonds is 3. The standard InChI is InChI=1S/C11H17NO2/c1-13-8-10-4-5-11(14-10)9-3-2-6-12-7-9/h4-5,9,12H,2-3,6-8H2,1H3. The van der Waals surface area contributed by atoms with Gasteiger partial charge in [0.25, 0.3) is 0 Å². The van der Waals surface area contributed by atoms with Gasteiger partial charge >= 0.3 is 0 Å². The molecule has 0 saturated carbocycles. The highest BCUT2D eigenvalue weighted by Crippen LogP contribution is 2.25. The Labute approximate surface area is 84.4 Å². The van der Waals surface area contributed by atoms with Crippen molar-refractivity contribution < 1.29 is 9.15 Å². The summed E-state index contributed by atoms with van der Waals surface area (Å²) in [4.78, 5) is 0. The second kappa shape index (κ2) is 4.62. The summed E-state index contributed by atoms with van der Waals surface area (Å²) < 4.78 is 10.7. The van der Waals surface area contributed by atoms with Crippen LogP contribution < -0.4 is 5.32 Å². The average molecular weight is 195 g/mol. The number of hydrogen-bond acceptors (Lipinski definition) is 3. The maximum Gasteiger partial charge on any atom is 0.129 e. The Morgan fingerprint density at radius 2 is 2.50 bits per heavy atom. The zero-order valence-corrected chi connectivity index (χ0v) is 8.58. The zero-order chi connectivity index (χ0) is 9.80. The molecule has 1 unspecified atom stereocenters. The number of methoxy groups -OCH3 is 1. The Bertz CT molecular complexity index is 277. The largest absolute Gasteiger partial charge is 0.463 e. The molecule has 3 heteroatoms. The molecule has 2 heterocycles. The van der Waals surface area contributed by atoms with Gasteiger partial charge in [-0.1, -0.05) is 0 Å². The van der Waals surface area contributed by atoms with Crippen molar-refractivity contribution in [2.75, 3.05) is 20.2 Å². The Morgan fingerprint density at radius 1 is 1.57 bits per heavy atom. The molecule has 1 aromatic heterocycles. The summed E-state index contributed by atoms with van der Waals surface area (Å²) in [5, 5.41) is 3.38. The minimum Gasteiger partial charge on any atom is -0.463 e. The van der Waals surface area contributed by atoms with E-state index in [-0.39, 0.29) is 0 Å². The summed E-state index contributed by atoms with van der Waals surface area (Å²) in [7, 11) is 1.68. The third-order valence-electron chi connectivity index (χ3n) is 2.67. The van der Waals surface area contributed by atoms with E-state index in [4.69, 9.17) is 9.15 Å². The normalized spacial score (nSPS) is 22.5. The third-order valence-corrected chi connectivity index (χ3v) is 2.67. The van der Waals surface area contributed by atoms with Crippen LogP contribution in [0, 0.1) is 0 Å². The summed E-state index contributed by atoms with van der Waals surface area (Å²) in [6, 6.07) is 4.08. The molecule has 14 heavy (non-hydrogen) atoms. The predicted molar refractivity (Wildman–Crippen MR) is 54.3 cm³/mol. The van der Waals surface area contributed by atoms with Crippen molar-refractivity contribution in [1.82, 2.24) is 5.32 Å². The van der Waals surface area contributed by atoms with Crippen LogP contribution in [0.15, 0.2) is 16.5 Å². The lowest BCUT2D eigenvalue weighted by Gasteiger charge is -2.20. The van der Waals surface area contributed by atoms with Crippen LogP contribution in [0.4, 0.5) is 0 Å². The molecule has 0 radical (unpaired) electrons. The van der Waals surface area contributed by atoms with Gasteiger partial charge < -0.3 is 14.5 Å². The number of nitrogens with one attached hydrogen (secondary N) is 1. The molecular weight excluding hydrogens is 178 g/mol. The molecule has 0 spiro atoms. The minimum absolute atomic E-state index is 0.550. The molecule has 3 nitrogen and oxygen atoms in total. The summed E-state index contributed by atoms with van der Waals surface area (Å²) in [6.07, 6.45) is 2.47. The summed E-state index contributed by atoms with van der Waals surface area (Å²) >= 11 is 0. The lowest BCUT2D eigenvalue weighted by molar-refractivity contribution is 0.161. The smallest absolute Gasteiger partial charge is 0.129 e. The lowest BCUT2D eigenvalue weighted by Crippen LogP contribution is -2.28. The molecule has 0 amide bonds. The van der Waals surface area contributed by atoms with Gasteiger partial charge in [-0.05, 0) is 31.5 Å². The van der Waals surface area contributed by atoms with E-state index in [2.05, 4.69) is 11.4 Å². The molecule has 0 aromatic carbocycles. The van der Waals surface area contributed by atoms with Gasteiger partial charge in [0.1, 0.15) is 18.1 Å². The first kappa shape index (κ1) is 9.74. The highest BCUT2D eigenvalue weighted by Gasteiger charge is 2.18. The topological polar surface area (TPSA) is 34.4 Å². The van der Waals surface area contributed by atoms with Gasteiger partial charge in [-0.2, -0.15) is 0 Å². The number of piperidine rings is 1. The number of furan rings is 1. The van der Waals surface area contributed by atoms with E-state index in [1.807, 2.05) is 6.07 Å². The molecule has 1 atom stereocenters. The van der Waals surface area contributed by atoms with Crippen LogP contribution in [0.3, 0.4) is 0 Å². The van der Waals surface area contributed by atoms with Crippen LogP contribution in [0.1, 0.15) is 30.3 Å². The monoisotopic (exact) mass is 195 g/mol. The fraction of sp³-hybridized carbons (Fsp3) is 0.636. The van der Waals surface area contributed by atoms with E-state index < -0.39 is 0 Å². The predicted octanol–water partition coefficient (Wildman–Crippen LogP) is 1.89. The lowest BCUT2D eigenvalue weighted by atomic mass is 9.97. The first-order valence-corrected chi connectivity index (χ1v) is 5.18. The van der Waals surface area contributed by atoms with Crippen LogP contribution in [0.5, 0.6) is 0 Å². The highest BCUT2D eigenvalue weighted by atomic mass is 16.5. The molecule has 0 aliphatic carbocycles. The van der Waals surface area contributed by atoms with Crippen molar-refractivity contribution in [3.63, 3.8) is 0 Å². The van der Waals surface area contributed by atoms with Gasteiger partial charge in [0.15, 0.2) is 0 Å². The van der Waals surface area contributed by atoms with Crippen molar-refractivity contribution in [2.45, 2.75) is 25.4 Å². The van der Waals surface area contributed by atoms with E-state index >= 15 is 0 Å². The first-order chi connectivity index (χ1) is 6.90. The van der Waals surface area contributed by atoms with E-state index in [0.717, 1.165) is 24.6 Å². The Kier molecular flexibility index (Phi) is 3.22. The van der Waals surface area contributed by atoms with Crippen LogP contribution in [-0.2, 0) is 11.3 Å². The van der Waals surface area contributed by atoms with Crippen LogP contribution in [0.2, 0.25) is 0 Å². The second-order valence-electron chi connectivity index (χ2n) is 3.78. The van der Waals surface area contributed by atoms with Crippen LogP contribution >= 0.6 is 0 Å². The zero-order valence-electron chi connectivity index (χ0n) is 8.58. The molecule has 2 rings (SSSR count). The summed E-state index contributed by atoms with van der Waals surface area (Å²) in [5.74, 6) is 2.58. The molecule has 1 saturated heterocycles. The second-order valence-corrected chi connectivity index (χ2v) is 3.78. The molecule has 1 aliphatic rings. The van der Waals surface area contributed by atoms with E-state index in [0.29, 0.717) is 12.5 Å². The van der Waals surface area contributed by atoms with Crippen LogP contribution in [0.25, 0.3) is 0 Å². The number of ether oxygens (including phenoxy) is 1. The van der Waals surface area contributed by atoms with E-state index in [9.17, 15) is 0 Å². The SMILES string of the molecule is COCc1ccc(C2CCCNC2)o1. The Balaban J connectivity index is 2.00. The van der Waals surface area contributed by atoms with Crippen molar-refractivity contribution in [2.24, 2.45) is 0 Å². The van der Waals surface area contributed by atoms with Crippen LogP contribution in [-0.4, -0.2) is 20.2 Å². The van der Waals surface area contributed by atoms with E-state index in [1.54, 1.807) is 7.11 Å². The quantitative estimate of drug-likeness (QED) is 0.799. The Morgan fingerprint density at radius 3 is 3.21 bits per heavy atom. The molecular formula is C11H17NO2. The van der Waals surface area contributed by atoms with Gasteiger partial charge in [-0.15, -0.1) is 0 Å². The molecule has 1 fully saturated rings. The van der Waals surface area contributed by atoms with Gasteiger partial charge in [0.2, 0.25) is 0 Å². The Hall–Kier alpha value is -0.800. The minimum atomic E-state index is 0.550. The highest BCUT2D eigenvalue weighted by molar-refractivity contribution is 5.12. The molecule has 78 valence electrons. The van der Waals surface area contributed by atoms with Crippen molar-refractivity contribution >= 4 is 0 Å². The summed E-state index contributed by atoms with van der Waals surface area (Å²) in [6.45, 7) is 2.75. The van der Waals surface area contributed by atoms with Gasteiger partial charge in [0, 0.05) is 19.6 Å². The van der Waals surface area contributed by atoms with Gasteiger partial charge in [0.05, 0.1) is 0 Å². The van der Waals surface area contributed by atoms with Crippen molar-refractivity contribution in [3.8, 4) is 0 Å². The van der Waals surface area contributed by atoms with Crippen molar-refractivity contribution in [1.29, 1.82) is 0 Å². The van der Waals surface area contributed by atoms with Gasteiger partial charge in [-0.25, -0.2) is 0 Å². The number of hydrogen-bond donors (Lipinski definition) is 1. The molecule has 1 aliphatic heterocycles. The van der Waals surface area contributed by atoms with E-state index in [1.165, 1.54) is 12.8 Å². The fourth-order valence-electron chi connectivity index (χ4n) is 1.93. The molecule has 1 aromatic rings. The molecule has 0 bridgehead atoms. The van der Waals surface area contributed by atoms with Gasteiger partial charge in [-0.3, -0.25) is 0 Å². The maximum atomic E-state index is 5.70. The fourth-order valence-corrected chi connectivity index (χ4v) is 1.93. The van der Waals surface area contributed by atoms with Crippen molar-refractivity contribution in [3.05, 3.63) is 23.7 Å². The first-order valence-electron chi connectivity index (χ1n) is 5.18. The summed E-state index contributed by atoms with van der Waals surface area (Å²) in [5.41, 5.74) is 0. The third kappa shape index (κ3) is 2.16. The average Bonchev–Trinajstić information content (AvgIpc) is 2.68. The molecule has 1 N–H and O–H groups in total.